The van der Waals surface area contributed by atoms with E-state index in [9.17, 15) is 4.79 Å². The highest BCUT2D eigenvalue weighted by atomic mass is 16.5. The standard InChI is InChI=1S/C13H11N3O2/c1-18-12-5-6-13(17)16(15-12)9-11-4-2-3-10(7-11)8-14/h2-7H,9H2,1H3. The molecule has 2 rings (SSSR count). The van der Waals surface area contributed by atoms with E-state index in [2.05, 4.69) is 11.2 Å². The van der Waals surface area contributed by atoms with Crippen LogP contribution in [0.15, 0.2) is 41.2 Å². The van der Waals surface area contributed by atoms with Gasteiger partial charge in [0.2, 0.25) is 5.88 Å². The maximum atomic E-state index is 11.6. The van der Waals surface area contributed by atoms with Gasteiger partial charge in [-0.2, -0.15) is 5.26 Å². The first-order valence-electron chi connectivity index (χ1n) is 5.34. The molecule has 1 aromatic carbocycles. The Bertz CT molecular complexity index is 656. The van der Waals surface area contributed by atoms with Crippen LogP contribution in [0.5, 0.6) is 5.88 Å². The normalized spacial score (nSPS) is 9.78. The fourth-order valence-electron chi connectivity index (χ4n) is 1.56. The summed E-state index contributed by atoms with van der Waals surface area (Å²) in [6.07, 6.45) is 0. The fraction of sp³-hybridized carbons (Fsp3) is 0.154. The first kappa shape index (κ1) is 11.9. The maximum absolute atomic E-state index is 11.6. The molecule has 0 fully saturated rings. The molecule has 1 aromatic heterocycles. The monoisotopic (exact) mass is 241 g/mol. The molecule has 0 radical (unpaired) electrons. The average molecular weight is 241 g/mol. The highest BCUT2D eigenvalue weighted by molar-refractivity contribution is 5.32. The Morgan fingerprint density at radius 2 is 2.22 bits per heavy atom. The molecule has 0 unspecified atom stereocenters. The second kappa shape index (κ2) is 5.15. The van der Waals surface area contributed by atoms with Gasteiger partial charge in [-0.05, 0) is 17.7 Å². The summed E-state index contributed by atoms with van der Waals surface area (Å²) >= 11 is 0. The smallest absolute Gasteiger partial charge is 0.267 e. The zero-order valence-electron chi connectivity index (χ0n) is 9.83. The molecule has 0 aliphatic heterocycles. The van der Waals surface area contributed by atoms with Crippen molar-refractivity contribution in [3.8, 4) is 11.9 Å². The number of nitriles is 1. The Hall–Kier alpha value is -2.61. The molecule has 0 amide bonds. The third kappa shape index (κ3) is 2.55. The number of nitrogens with zero attached hydrogens (tertiary/aromatic N) is 3. The highest BCUT2D eigenvalue weighted by Gasteiger charge is 2.02. The molecule has 5 nitrogen and oxygen atoms in total. The predicted octanol–water partition coefficient (Wildman–Crippen LogP) is 1.17. The lowest BCUT2D eigenvalue weighted by Crippen LogP contribution is -2.22. The molecule has 0 bridgehead atoms. The van der Waals surface area contributed by atoms with Crippen LogP contribution in [0.25, 0.3) is 0 Å². The molecule has 0 atom stereocenters. The van der Waals surface area contributed by atoms with Crippen LogP contribution in [0.3, 0.4) is 0 Å². The second-order valence-electron chi connectivity index (χ2n) is 3.68. The van der Waals surface area contributed by atoms with Gasteiger partial charge in [-0.3, -0.25) is 4.79 Å². The molecule has 1 heterocycles. The topological polar surface area (TPSA) is 67.9 Å². The fourth-order valence-corrected chi connectivity index (χ4v) is 1.56. The van der Waals surface area contributed by atoms with Crippen molar-refractivity contribution in [2.75, 3.05) is 7.11 Å². The van der Waals surface area contributed by atoms with Crippen molar-refractivity contribution in [2.45, 2.75) is 6.54 Å². The van der Waals surface area contributed by atoms with Crippen LogP contribution in [0.1, 0.15) is 11.1 Å². The summed E-state index contributed by atoms with van der Waals surface area (Å²) in [6, 6.07) is 12.0. The minimum Gasteiger partial charge on any atom is -0.480 e. The Morgan fingerprint density at radius 1 is 1.39 bits per heavy atom. The van der Waals surface area contributed by atoms with Gasteiger partial charge in [-0.1, -0.05) is 12.1 Å². The number of hydrogen-bond acceptors (Lipinski definition) is 4. The van der Waals surface area contributed by atoms with Crippen LogP contribution in [-0.2, 0) is 6.54 Å². The van der Waals surface area contributed by atoms with Crippen molar-refractivity contribution in [3.05, 3.63) is 57.9 Å². The van der Waals surface area contributed by atoms with E-state index in [1.54, 1.807) is 18.2 Å². The number of rotatable bonds is 3. The van der Waals surface area contributed by atoms with Crippen LogP contribution < -0.4 is 10.3 Å². The summed E-state index contributed by atoms with van der Waals surface area (Å²) in [5, 5.41) is 12.9. The Morgan fingerprint density at radius 3 is 2.94 bits per heavy atom. The molecular formula is C13H11N3O2. The van der Waals surface area contributed by atoms with E-state index in [0.717, 1.165) is 5.56 Å². The average Bonchev–Trinajstić information content (AvgIpc) is 2.41. The third-order valence-electron chi connectivity index (χ3n) is 2.44. The van der Waals surface area contributed by atoms with Crippen molar-refractivity contribution in [1.82, 2.24) is 9.78 Å². The Balaban J connectivity index is 2.33. The largest absolute Gasteiger partial charge is 0.480 e. The minimum atomic E-state index is -0.210. The summed E-state index contributed by atoms with van der Waals surface area (Å²) in [7, 11) is 1.49. The number of methoxy groups -OCH3 is 1. The van der Waals surface area contributed by atoms with Gasteiger partial charge in [0.1, 0.15) is 0 Å². The number of benzene rings is 1. The quantitative estimate of drug-likeness (QED) is 0.809. The summed E-state index contributed by atoms with van der Waals surface area (Å²) in [4.78, 5) is 11.6. The van der Waals surface area contributed by atoms with Crippen LogP contribution in [-0.4, -0.2) is 16.9 Å². The van der Waals surface area contributed by atoms with E-state index < -0.39 is 0 Å². The number of hydrogen-bond donors (Lipinski definition) is 0. The summed E-state index contributed by atoms with van der Waals surface area (Å²) in [5.74, 6) is 0.381. The third-order valence-corrected chi connectivity index (χ3v) is 2.44. The highest BCUT2D eigenvalue weighted by Crippen LogP contribution is 2.06. The molecule has 0 saturated carbocycles. The van der Waals surface area contributed by atoms with Crippen molar-refractivity contribution >= 4 is 0 Å². The van der Waals surface area contributed by atoms with Crippen molar-refractivity contribution < 1.29 is 4.74 Å². The van der Waals surface area contributed by atoms with Gasteiger partial charge in [0, 0.05) is 12.1 Å². The van der Waals surface area contributed by atoms with Gasteiger partial charge in [0.15, 0.2) is 0 Å². The molecule has 0 spiro atoms. The lowest BCUT2D eigenvalue weighted by molar-refractivity contribution is 0.379. The van der Waals surface area contributed by atoms with E-state index >= 15 is 0 Å². The van der Waals surface area contributed by atoms with E-state index in [4.69, 9.17) is 10.00 Å². The SMILES string of the molecule is COc1ccc(=O)n(Cc2cccc(C#N)c2)n1. The lowest BCUT2D eigenvalue weighted by Gasteiger charge is -2.06. The summed E-state index contributed by atoms with van der Waals surface area (Å²) < 4.78 is 6.27. The van der Waals surface area contributed by atoms with Gasteiger partial charge in [0.25, 0.3) is 5.56 Å². The van der Waals surface area contributed by atoms with Gasteiger partial charge < -0.3 is 4.74 Å². The van der Waals surface area contributed by atoms with Crippen molar-refractivity contribution in [2.24, 2.45) is 0 Å². The molecule has 0 aliphatic carbocycles. The van der Waals surface area contributed by atoms with Gasteiger partial charge in [0.05, 0.1) is 25.3 Å². The molecular weight excluding hydrogens is 230 g/mol. The minimum absolute atomic E-state index is 0.210. The van der Waals surface area contributed by atoms with Gasteiger partial charge in [-0.25, -0.2) is 4.68 Å². The van der Waals surface area contributed by atoms with E-state index in [1.165, 1.54) is 23.9 Å². The van der Waals surface area contributed by atoms with Crippen LogP contribution in [0.2, 0.25) is 0 Å². The van der Waals surface area contributed by atoms with Crippen LogP contribution in [0, 0.1) is 11.3 Å². The summed E-state index contributed by atoms with van der Waals surface area (Å²) in [6.45, 7) is 0.311. The Labute approximate surface area is 104 Å². The summed E-state index contributed by atoms with van der Waals surface area (Å²) in [5.41, 5.74) is 1.19. The van der Waals surface area contributed by atoms with Crippen molar-refractivity contribution in [1.29, 1.82) is 5.26 Å². The van der Waals surface area contributed by atoms with Crippen molar-refractivity contribution in [3.63, 3.8) is 0 Å². The molecule has 2 aromatic rings. The van der Waals surface area contributed by atoms with E-state index in [-0.39, 0.29) is 5.56 Å². The zero-order valence-corrected chi connectivity index (χ0v) is 9.83. The number of aromatic nitrogens is 2. The van der Waals surface area contributed by atoms with E-state index in [0.29, 0.717) is 18.0 Å². The molecule has 18 heavy (non-hydrogen) atoms. The predicted molar refractivity (Wildman–Crippen MR) is 65.3 cm³/mol. The molecule has 5 heteroatoms. The molecule has 90 valence electrons. The lowest BCUT2D eigenvalue weighted by atomic mass is 10.1. The first-order chi connectivity index (χ1) is 8.72. The first-order valence-corrected chi connectivity index (χ1v) is 5.34. The van der Waals surface area contributed by atoms with Gasteiger partial charge >= 0.3 is 0 Å². The molecule has 0 aliphatic rings. The van der Waals surface area contributed by atoms with Crippen LogP contribution in [0.4, 0.5) is 0 Å². The van der Waals surface area contributed by atoms with E-state index in [1.807, 2.05) is 6.07 Å². The zero-order chi connectivity index (χ0) is 13.0. The Kier molecular flexibility index (Phi) is 3.39. The second-order valence-corrected chi connectivity index (χ2v) is 3.68. The van der Waals surface area contributed by atoms with Gasteiger partial charge in [-0.15, -0.1) is 5.10 Å². The molecule has 0 saturated heterocycles. The number of ether oxygens (including phenoxy) is 1. The maximum Gasteiger partial charge on any atom is 0.267 e. The molecule has 0 N–H and O–H groups in total. The van der Waals surface area contributed by atoms with Crippen LogP contribution >= 0.6 is 0 Å².